The van der Waals surface area contributed by atoms with Gasteiger partial charge in [0.25, 0.3) is 0 Å². The van der Waals surface area contributed by atoms with Crippen LogP contribution in [0.4, 0.5) is 5.13 Å². The SMILES string of the molecule is O=C(C1CC1)N1CCCN(c2ncc(-c3ccccc3)s2)CC1. The second-order valence-electron chi connectivity index (χ2n) is 6.31. The summed E-state index contributed by atoms with van der Waals surface area (Å²) >= 11 is 1.74. The number of anilines is 1. The van der Waals surface area contributed by atoms with E-state index in [1.807, 2.05) is 12.3 Å². The minimum atomic E-state index is 0.325. The lowest BCUT2D eigenvalue weighted by molar-refractivity contribution is -0.132. The third kappa shape index (κ3) is 3.24. The fourth-order valence-electron chi connectivity index (χ4n) is 3.06. The molecule has 2 aromatic rings. The lowest BCUT2D eigenvalue weighted by atomic mass is 10.2. The van der Waals surface area contributed by atoms with Gasteiger partial charge in [0.1, 0.15) is 0 Å². The first-order valence-electron chi connectivity index (χ1n) is 8.36. The second kappa shape index (κ2) is 6.32. The Bertz CT molecular complexity index is 681. The number of hydrogen-bond acceptors (Lipinski definition) is 4. The molecule has 0 bridgehead atoms. The van der Waals surface area contributed by atoms with Gasteiger partial charge >= 0.3 is 0 Å². The van der Waals surface area contributed by atoms with Crippen LogP contribution in [0.15, 0.2) is 36.5 Å². The summed E-state index contributed by atoms with van der Waals surface area (Å²) in [4.78, 5) is 22.5. The Labute approximate surface area is 140 Å². The van der Waals surface area contributed by atoms with E-state index in [9.17, 15) is 4.79 Å². The summed E-state index contributed by atoms with van der Waals surface area (Å²) in [6.45, 7) is 3.59. The summed E-state index contributed by atoms with van der Waals surface area (Å²) in [5.74, 6) is 0.696. The van der Waals surface area contributed by atoms with Crippen LogP contribution in [-0.4, -0.2) is 42.0 Å². The lowest BCUT2D eigenvalue weighted by Gasteiger charge is -2.21. The van der Waals surface area contributed by atoms with Crippen molar-refractivity contribution < 1.29 is 4.79 Å². The molecule has 0 radical (unpaired) electrons. The van der Waals surface area contributed by atoms with E-state index in [1.54, 1.807) is 11.3 Å². The first-order chi connectivity index (χ1) is 11.3. The third-order valence-electron chi connectivity index (χ3n) is 4.56. The van der Waals surface area contributed by atoms with Gasteiger partial charge in [0.2, 0.25) is 5.91 Å². The molecule has 1 amide bonds. The van der Waals surface area contributed by atoms with E-state index in [4.69, 9.17) is 0 Å². The van der Waals surface area contributed by atoms with Gasteiger partial charge in [-0.05, 0) is 24.8 Å². The topological polar surface area (TPSA) is 36.4 Å². The molecule has 0 N–H and O–H groups in total. The Kier molecular flexibility index (Phi) is 4.04. The summed E-state index contributed by atoms with van der Waals surface area (Å²) in [5, 5.41) is 1.07. The predicted octanol–water partition coefficient (Wildman–Crippen LogP) is 3.26. The Morgan fingerprint density at radius 3 is 2.70 bits per heavy atom. The molecule has 1 aromatic carbocycles. The van der Waals surface area contributed by atoms with Crippen molar-refractivity contribution in [3.05, 3.63) is 36.5 Å². The number of amides is 1. The highest BCUT2D eigenvalue weighted by Crippen LogP contribution is 2.33. The van der Waals surface area contributed by atoms with Gasteiger partial charge in [0.15, 0.2) is 5.13 Å². The number of carbonyl (C=O) groups is 1. The van der Waals surface area contributed by atoms with Crippen molar-refractivity contribution in [2.24, 2.45) is 5.92 Å². The molecule has 0 spiro atoms. The predicted molar refractivity (Wildman–Crippen MR) is 93.7 cm³/mol. The molecule has 120 valence electrons. The highest BCUT2D eigenvalue weighted by molar-refractivity contribution is 7.18. The number of rotatable bonds is 3. The molecule has 2 fully saturated rings. The van der Waals surface area contributed by atoms with Crippen LogP contribution in [0.25, 0.3) is 10.4 Å². The summed E-state index contributed by atoms with van der Waals surface area (Å²) in [5.41, 5.74) is 1.22. The zero-order valence-electron chi connectivity index (χ0n) is 13.1. The Morgan fingerprint density at radius 1 is 1.09 bits per heavy atom. The molecule has 1 aliphatic carbocycles. The molecular formula is C18H21N3OS. The van der Waals surface area contributed by atoms with Gasteiger partial charge < -0.3 is 9.80 Å². The maximum atomic E-state index is 12.2. The number of thiazole rings is 1. The molecule has 5 heteroatoms. The number of aromatic nitrogens is 1. The van der Waals surface area contributed by atoms with E-state index >= 15 is 0 Å². The maximum absolute atomic E-state index is 12.2. The molecule has 2 heterocycles. The van der Waals surface area contributed by atoms with Gasteiger partial charge in [-0.25, -0.2) is 4.98 Å². The maximum Gasteiger partial charge on any atom is 0.225 e. The van der Waals surface area contributed by atoms with Crippen molar-refractivity contribution in [1.29, 1.82) is 0 Å². The fraction of sp³-hybridized carbons (Fsp3) is 0.444. The van der Waals surface area contributed by atoms with Crippen LogP contribution in [0.2, 0.25) is 0 Å². The van der Waals surface area contributed by atoms with Gasteiger partial charge in [0, 0.05) is 38.3 Å². The van der Waals surface area contributed by atoms with Crippen molar-refractivity contribution in [2.75, 3.05) is 31.1 Å². The van der Waals surface area contributed by atoms with Crippen LogP contribution >= 0.6 is 11.3 Å². The van der Waals surface area contributed by atoms with Crippen LogP contribution in [0.1, 0.15) is 19.3 Å². The monoisotopic (exact) mass is 327 g/mol. The van der Waals surface area contributed by atoms with Gasteiger partial charge in [-0.1, -0.05) is 41.7 Å². The highest BCUT2D eigenvalue weighted by atomic mass is 32.1. The standard InChI is InChI=1S/C18H21N3OS/c22-17(15-7-8-15)20-9-4-10-21(12-11-20)18-19-13-16(23-18)14-5-2-1-3-6-14/h1-3,5-6,13,15H,4,7-12H2. The largest absolute Gasteiger partial charge is 0.346 e. The van der Waals surface area contributed by atoms with Gasteiger partial charge in [-0.2, -0.15) is 0 Å². The number of nitrogens with zero attached hydrogens (tertiary/aromatic N) is 3. The second-order valence-corrected chi connectivity index (χ2v) is 7.32. The first-order valence-corrected chi connectivity index (χ1v) is 9.18. The van der Waals surface area contributed by atoms with E-state index in [-0.39, 0.29) is 0 Å². The molecule has 1 saturated carbocycles. The molecular weight excluding hydrogens is 306 g/mol. The fourth-order valence-corrected chi connectivity index (χ4v) is 4.04. The van der Waals surface area contributed by atoms with Gasteiger partial charge in [0.05, 0.1) is 4.88 Å². The van der Waals surface area contributed by atoms with Crippen LogP contribution in [0.5, 0.6) is 0 Å². The summed E-state index contributed by atoms with van der Waals surface area (Å²) < 4.78 is 0. The Hall–Kier alpha value is -1.88. The van der Waals surface area contributed by atoms with E-state index < -0.39 is 0 Å². The molecule has 2 aliphatic rings. The van der Waals surface area contributed by atoms with E-state index in [1.165, 1.54) is 10.4 Å². The molecule has 4 nitrogen and oxygen atoms in total. The van der Waals surface area contributed by atoms with Crippen molar-refractivity contribution in [1.82, 2.24) is 9.88 Å². The molecule has 1 aromatic heterocycles. The Balaban J connectivity index is 1.44. The molecule has 1 saturated heterocycles. The van der Waals surface area contributed by atoms with Crippen molar-refractivity contribution in [3.8, 4) is 10.4 Å². The minimum absolute atomic E-state index is 0.325. The molecule has 1 aliphatic heterocycles. The number of carbonyl (C=O) groups excluding carboxylic acids is 1. The van der Waals surface area contributed by atoms with E-state index in [2.05, 4.69) is 39.0 Å². The van der Waals surface area contributed by atoms with Crippen LogP contribution in [-0.2, 0) is 4.79 Å². The first kappa shape index (κ1) is 14.7. The number of hydrogen-bond donors (Lipinski definition) is 0. The average Bonchev–Trinajstić information content (AvgIpc) is 3.37. The third-order valence-corrected chi connectivity index (χ3v) is 5.66. The molecule has 23 heavy (non-hydrogen) atoms. The average molecular weight is 327 g/mol. The molecule has 0 atom stereocenters. The van der Waals surface area contributed by atoms with Crippen molar-refractivity contribution in [3.63, 3.8) is 0 Å². The van der Waals surface area contributed by atoms with Gasteiger partial charge in [-0.3, -0.25) is 4.79 Å². The van der Waals surface area contributed by atoms with Crippen LogP contribution in [0.3, 0.4) is 0 Å². The number of benzene rings is 1. The minimum Gasteiger partial charge on any atom is -0.346 e. The molecule has 0 unspecified atom stereocenters. The zero-order valence-corrected chi connectivity index (χ0v) is 14.0. The summed E-state index contributed by atoms with van der Waals surface area (Å²) in [6, 6.07) is 10.4. The smallest absolute Gasteiger partial charge is 0.225 e. The van der Waals surface area contributed by atoms with Crippen LogP contribution < -0.4 is 4.90 Å². The van der Waals surface area contributed by atoms with Gasteiger partial charge in [-0.15, -0.1) is 0 Å². The highest BCUT2D eigenvalue weighted by Gasteiger charge is 2.34. The van der Waals surface area contributed by atoms with Crippen molar-refractivity contribution >= 4 is 22.4 Å². The lowest BCUT2D eigenvalue weighted by Crippen LogP contribution is -2.36. The van der Waals surface area contributed by atoms with E-state index in [0.29, 0.717) is 11.8 Å². The zero-order chi connectivity index (χ0) is 15.6. The normalized spacial score (nSPS) is 18.8. The summed E-state index contributed by atoms with van der Waals surface area (Å²) in [7, 11) is 0. The summed E-state index contributed by atoms with van der Waals surface area (Å²) in [6.07, 6.45) is 5.17. The Morgan fingerprint density at radius 2 is 1.91 bits per heavy atom. The van der Waals surface area contributed by atoms with Crippen LogP contribution in [0, 0.1) is 5.92 Å². The molecule has 4 rings (SSSR count). The van der Waals surface area contributed by atoms with E-state index in [0.717, 1.165) is 50.6 Å². The van der Waals surface area contributed by atoms with Crippen molar-refractivity contribution in [2.45, 2.75) is 19.3 Å². The quantitative estimate of drug-likeness (QED) is 0.868.